The maximum atomic E-state index is 9.89. The minimum absolute atomic E-state index is 0.454. The smallest absolute Gasteiger partial charge is 0.118 e. The molecule has 0 fully saturated rings. The number of benzene rings is 1. The number of methoxy groups -OCH3 is 1. The molecule has 0 radical (unpaired) electrons. The average molecular weight is 223 g/mol. The van der Waals surface area contributed by atoms with Gasteiger partial charge in [-0.15, -0.1) is 0 Å². The van der Waals surface area contributed by atoms with Crippen molar-refractivity contribution in [2.75, 3.05) is 20.2 Å². The molecule has 0 saturated carbocycles. The Balaban J connectivity index is 2.43. The van der Waals surface area contributed by atoms with E-state index in [-0.39, 0.29) is 0 Å². The van der Waals surface area contributed by atoms with Crippen molar-refractivity contribution in [2.45, 2.75) is 20.0 Å². The first-order valence-corrected chi connectivity index (χ1v) is 5.66. The van der Waals surface area contributed by atoms with Crippen molar-refractivity contribution in [3.05, 3.63) is 29.8 Å². The normalized spacial score (nSPS) is 12.8. The number of aliphatic hydroxyl groups is 1. The van der Waals surface area contributed by atoms with Gasteiger partial charge in [0.15, 0.2) is 0 Å². The molecule has 1 aromatic carbocycles. The summed E-state index contributed by atoms with van der Waals surface area (Å²) in [7, 11) is 1.63. The molecule has 1 rings (SSSR count). The van der Waals surface area contributed by atoms with Gasteiger partial charge in [-0.2, -0.15) is 0 Å². The Morgan fingerprint density at radius 1 is 1.19 bits per heavy atom. The van der Waals surface area contributed by atoms with Crippen LogP contribution in [-0.4, -0.2) is 25.3 Å². The van der Waals surface area contributed by atoms with Crippen LogP contribution in [0.5, 0.6) is 5.75 Å². The second kappa shape index (κ2) is 6.51. The standard InChI is InChI=1S/C13H21NO2/c1-10(2)8-14-9-13(15)11-4-6-12(16-3)7-5-11/h4-7,10,13-15H,8-9H2,1-3H3. The monoisotopic (exact) mass is 223 g/mol. The van der Waals surface area contributed by atoms with Crippen molar-refractivity contribution in [1.82, 2.24) is 5.32 Å². The Hall–Kier alpha value is -1.06. The SMILES string of the molecule is COc1ccc(C(O)CNCC(C)C)cc1. The molecule has 2 N–H and O–H groups in total. The van der Waals surface area contributed by atoms with Crippen LogP contribution in [-0.2, 0) is 0 Å². The quantitative estimate of drug-likeness (QED) is 0.774. The topological polar surface area (TPSA) is 41.5 Å². The van der Waals surface area contributed by atoms with Crippen LogP contribution in [0.2, 0.25) is 0 Å². The van der Waals surface area contributed by atoms with Gasteiger partial charge >= 0.3 is 0 Å². The molecule has 16 heavy (non-hydrogen) atoms. The molecule has 0 spiro atoms. The van der Waals surface area contributed by atoms with Crippen LogP contribution in [0.25, 0.3) is 0 Å². The van der Waals surface area contributed by atoms with Crippen molar-refractivity contribution in [2.24, 2.45) is 5.92 Å². The van der Waals surface area contributed by atoms with Gasteiger partial charge in [-0.05, 0) is 30.2 Å². The summed E-state index contributed by atoms with van der Waals surface area (Å²) in [5, 5.41) is 13.1. The zero-order chi connectivity index (χ0) is 12.0. The van der Waals surface area contributed by atoms with Gasteiger partial charge in [-0.3, -0.25) is 0 Å². The summed E-state index contributed by atoms with van der Waals surface area (Å²) >= 11 is 0. The third-order valence-electron chi connectivity index (χ3n) is 2.39. The van der Waals surface area contributed by atoms with E-state index in [9.17, 15) is 5.11 Å². The van der Waals surface area contributed by atoms with Crippen LogP contribution >= 0.6 is 0 Å². The van der Waals surface area contributed by atoms with Gasteiger partial charge in [-0.25, -0.2) is 0 Å². The zero-order valence-corrected chi connectivity index (χ0v) is 10.2. The number of nitrogens with one attached hydrogen (secondary N) is 1. The molecule has 0 aliphatic rings. The molecular weight excluding hydrogens is 202 g/mol. The molecule has 3 heteroatoms. The van der Waals surface area contributed by atoms with Crippen LogP contribution in [0.1, 0.15) is 25.5 Å². The molecule has 1 unspecified atom stereocenters. The van der Waals surface area contributed by atoms with E-state index in [0.29, 0.717) is 12.5 Å². The Labute approximate surface area is 97.4 Å². The Kier molecular flexibility index (Phi) is 5.29. The third-order valence-corrected chi connectivity index (χ3v) is 2.39. The van der Waals surface area contributed by atoms with Crippen LogP contribution in [0.3, 0.4) is 0 Å². The van der Waals surface area contributed by atoms with E-state index in [1.54, 1.807) is 7.11 Å². The van der Waals surface area contributed by atoms with Gasteiger partial charge in [-0.1, -0.05) is 26.0 Å². The lowest BCUT2D eigenvalue weighted by Crippen LogP contribution is -2.25. The molecule has 0 amide bonds. The van der Waals surface area contributed by atoms with Crippen molar-refractivity contribution in [3.8, 4) is 5.75 Å². The minimum Gasteiger partial charge on any atom is -0.497 e. The predicted molar refractivity (Wildman–Crippen MR) is 65.7 cm³/mol. The lowest BCUT2D eigenvalue weighted by atomic mass is 10.1. The van der Waals surface area contributed by atoms with Gasteiger partial charge in [0.25, 0.3) is 0 Å². The lowest BCUT2D eigenvalue weighted by Gasteiger charge is -2.13. The van der Waals surface area contributed by atoms with Crippen LogP contribution < -0.4 is 10.1 Å². The maximum Gasteiger partial charge on any atom is 0.118 e. The molecule has 0 aliphatic heterocycles. The summed E-state index contributed by atoms with van der Waals surface area (Å²) in [6, 6.07) is 7.50. The van der Waals surface area contributed by atoms with Gasteiger partial charge in [0.1, 0.15) is 5.75 Å². The van der Waals surface area contributed by atoms with Gasteiger partial charge in [0.2, 0.25) is 0 Å². The van der Waals surface area contributed by atoms with Crippen LogP contribution in [0.4, 0.5) is 0 Å². The Morgan fingerprint density at radius 3 is 2.31 bits per heavy atom. The Bertz CT molecular complexity index is 295. The van der Waals surface area contributed by atoms with E-state index >= 15 is 0 Å². The minimum atomic E-state index is -0.454. The molecule has 0 aliphatic carbocycles. The molecule has 90 valence electrons. The van der Waals surface area contributed by atoms with Gasteiger partial charge in [0, 0.05) is 6.54 Å². The van der Waals surface area contributed by atoms with Crippen molar-refractivity contribution in [1.29, 1.82) is 0 Å². The second-order valence-corrected chi connectivity index (χ2v) is 4.34. The number of rotatable bonds is 6. The van der Waals surface area contributed by atoms with Crippen molar-refractivity contribution >= 4 is 0 Å². The number of hydrogen-bond acceptors (Lipinski definition) is 3. The van der Waals surface area contributed by atoms with E-state index in [4.69, 9.17) is 4.74 Å². The summed E-state index contributed by atoms with van der Waals surface area (Å²) < 4.78 is 5.06. The molecule has 1 aromatic rings. The predicted octanol–water partition coefficient (Wildman–Crippen LogP) is 1.97. The first-order valence-electron chi connectivity index (χ1n) is 5.66. The highest BCUT2D eigenvalue weighted by molar-refractivity contribution is 5.28. The highest BCUT2D eigenvalue weighted by atomic mass is 16.5. The molecule has 3 nitrogen and oxygen atoms in total. The molecular formula is C13H21NO2. The zero-order valence-electron chi connectivity index (χ0n) is 10.2. The summed E-state index contributed by atoms with van der Waals surface area (Å²) in [6.07, 6.45) is -0.454. The molecule has 0 aromatic heterocycles. The highest BCUT2D eigenvalue weighted by Gasteiger charge is 2.07. The number of ether oxygens (including phenoxy) is 1. The number of aliphatic hydroxyl groups excluding tert-OH is 1. The summed E-state index contributed by atoms with van der Waals surface area (Å²) in [6.45, 7) is 5.80. The average Bonchev–Trinajstić information content (AvgIpc) is 2.28. The summed E-state index contributed by atoms with van der Waals surface area (Å²) in [4.78, 5) is 0. The highest BCUT2D eigenvalue weighted by Crippen LogP contribution is 2.16. The Morgan fingerprint density at radius 2 is 1.81 bits per heavy atom. The van der Waals surface area contributed by atoms with E-state index in [1.807, 2.05) is 24.3 Å². The lowest BCUT2D eigenvalue weighted by molar-refractivity contribution is 0.173. The van der Waals surface area contributed by atoms with Crippen molar-refractivity contribution in [3.63, 3.8) is 0 Å². The molecule has 1 atom stereocenters. The second-order valence-electron chi connectivity index (χ2n) is 4.34. The third kappa shape index (κ3) is 4.21. The van der Waals surface area contributed by atoms with Crippen LogP contribution in [0.15, 0.2) is 24.3 Å². The molecule has 0 saturated heterocycles. The van der Waals surface area contributed by atoms with E-state index in [2.05, 4.69) is 19.2 Å². The number of hydrogen-bond donors (Lipinski definition) is 2. The van der Waals surface area contributed by atoms with E-state index in [1.165, 1.54) is 0 Å². The largest absolute Gasteiger partial charge is 0.497 e. The molecule has 0 heterocycles. The van der Waals surface area contributed by atoms with Crippen molar-refractivity contribution < 1.29 is 9.84 Å². The summed E-state index contributed by atoms with van der Waals surface area (Å²) in [5.41, 5.74) is 0.914. The maximum absolute atomic E-state index is 9.89. The fourth-order valence-corrected chi connectivity index (χ4v) is 1.45. The van der Waals surface area contributed by atoms with E-state index < -0.39 is 6.10 Å². The fraction of sp³-hybridized carbons (Fsp3) is 0.538. The first kappa shape index (κ1) is 13.0. The van der Waals surface area contributed by atoms with Gasteiger partial charge in [0.05, 0.1) is 13.2 Å². The fourth-order valence-electron chi connectivity index (χ4n) is 1.45. The van der Waals surface area contributed by atoms with E-state index in [0.717, 1.165) is 17.9 Å². The first-order chi connectivity index (χ1) is 7.63. The van der Waals surface area contributed by atoms with Crippen LogP contribution in [0, 0.1) is 5.92 Å². The summed E-state index contributed by atoms with van der Waals surface area (Å²) in [5.74, 6) is 1.41. The molecule has 0 bridgehead atoms. The van der Waals surface area contributed by atoms with Gasteiger partial charge < -0.3 is 15.2 Å².